The molecule has 188 valence electrons. The zero-order chi connectivity index (χ0) is 25.8. The Morgan fingerprint density at radius 2 is 1.97 bits per heavy atom. The Morgan fingerprint density at radius 3 is 2.57 bits per heavy atom. The van der Waals surface area contributed by atoms with Crippen molar-refractivity contribution in [2.24, 2.45) is 4.99 Å². The summed E-state index contributed by atoms with van der Waals surface area (Å²) in [6.07, 6.45) is -1.42. The maximum Gasteiger partial charge on any atom is 0.417 e. The van der Waals surface area contributed by atoms with Crippen molar-refractivity contribution in [3.63, 3.8) is 0 Å². The highest BCUT2D eigenvalue weighted by atomic mass is 19.4. The smallest absolute Gasteiger partial charge is 0.417 e. The number of likely N-dealkylation sites (N-methyl/N-ethyl adjacent to an activating group) is 1. The minimum Gasteiger partial charge on any atom is -0.475 e. The van der Waals surface area contributed by atoms with E-state index in [-0.39, 0.29) is 42.0 Å². The number of carbonyl (C=O) groups excluding carboxylic acids is 1. The van der Waals surface area contributed by atoms with E-state index in [2.05, 4.69) is 9.98 Å². The highest BCUT2D eigenvalue weighted by Crippen LogP contribution is 2.30. The summed E-state index contributed by atoms with van der Waals surface area (Å²) in [5.41, 5.74) is -0.699. The fourth-order valence-electron chi connectivity index (χ4n) is 3.70. The van der Waals surface area contributed by atoms with Crippen LogP contribution in [0.15, 0.2) is 47.6 Å². The molecule has 0 N–H and O–H groups in total. The fourth-order valence-corrected chi connectivity index (χ4v) is 3.70. The van der Waals surface area contributed by atoms with Crippen molar-refractivity contribution in [2.75, 3.05) is 13.2 Å². The number of hydrogen-bond acceptors (Lipinski definition) is 5. The first-order valence-electron chi connectivity index (χ1n) is 11.2. The maximum absolute atomic E-state index is 15.0. The molecule has 3 rings (SSSR count). The van der Waals surface area contributed by atoms with Crippen molar-refractivity contribution in [1.29, 1.82) is 0 Å². The minimum absolute atomic E-state index is 0.000859. The second-order valence-corrected chi connectivity index (χ2v) is 8.05. The summed E-state index contributed by atoms with van der Waals surface area (Å²) in [4.78, 5) is 23.0. The molecule has 1 aromatic heterocycles. The molecule has 2 aromatic rings. The van der Waals surface area contributed by atoms with E-state index in [1.807, 2.05) is 6.92 Å². The monoisotopic (exact) mass is 493 g/mol. The standard InChI is InChI=1S/C25H27F4N3O3/c1-5-18-12-21(35-16(4)31-18)23-19(8-7-9-20(23)26)24(33)32(6-2)15(3)14-34-22-11-10-17(13-30-22)25(27,28)29/h7-13,15,18H,5-6,14H2,1-4H3. The molecule has 0 radical (unpaired) electrons. The Kier molecular flexibility index (Phi) is 8.14. The van der Waals surface area contributed by atoms with Crippen LogP contribution in [0.1, 0.15) is 55.6 Å². The highest BCUT2D eigenvalue weighted by molar-refractivity contribution is 6.00. The second kappa shape index (κ2) is 10.9. The molecule has 1 aliphatic rings. The van der Waals surface area contributed by atoms with Gasteiger partial charge < -0.3 is 14.4 Å². The maximum atomic E-state index is 15.0. The zero-order valence-electron chi connectivity index (χ0n) is 19.9. The third-order valence-corrected chi connectivity index (χ3v) is 5.53. The quantitative estimate of drug-likeness (QED) is 0.440. The van der Waals surface area contributed by atoms with E-state index < -0.39 is 29.5 Å². The number of hydrogen-bond donors (Lipinski definition) is 0. The van der Waals surface area contributed by atoms with Crippen LogP contribution in [-0.4, -0.2) is 46.9 Å². The number of aliphatic imine (C=N–C) groups is 1. The molecule has 1 amide bonds. The van der Waals surface area contributed by atoms with Gasteiger partial charge in [0.2, 0.25) is 5.88 Å². The average molecular weight is 494 g/mol. The Balaban J connectivity index is 1.80. The van der Waals surface area contributed by atoms with Gasteiger partial charge in [0.1, 0.15) is 18.2 Å². The molecule has 2 atom stereocenters. The van der Waals surface area contributed by atoms with Gasteiger partial charge in [-0.2, -0.15) is 13.2 Å². The van der Waals surface area contributed by atoms with Crippen molar-refractivity contribution in [3.8, 4) is 5.88 Å². The molecular formula is C25H27F4N3O3. The predicted octanol–water partition coefficient (Wildman–Crippen LogP) is 5.74. The summed E-state index contributed by atoms with van der Waals surface area (Å²) in [6.45, 7) is 7.38. The number of aromatic nitrogens is 1. The number of pyridine rings is 1. The third kappa shape index (κ3) is 6.17. The fraction of sp³-hybridized carbons (Fsp3) is 0.400. The molecule has 1 aromatic carbocycles. The van der Waals surface area contributed by atoms with Crippen molar-refractivity contribution in [2.45, 2.75) is 52.4 Å². The van der Waals surface area contributed by atoms with E-state index >= 15 is 0 Å². The number of carbonyl (C=O) groups is 1. The first-order chi connectivity index (χ1) is 16.5. The molecule has 2 heterocycles. The van der Waals surface area contributed by atoms with E-state index in [0.29, 0.717) is 18.5 Å². The lowest BCUT2D eigenvalue weighted by atomic mass is 10.0. The Bertz CT molecular complexity index is 1110. The van der Waals surface area contributed by atoms with Gasteiger partial charge in [-0.15, -0.1) is 0 Å². The molecule has 1 aliphatic heterocycles. The summed E-state index contributed by atoms with van der Waals surface area (Å²) in [5.74, 6) is -0.411. The van der Waals surface area contributed by atoms with Gasteiger partial charge in [-0.1, -0.05) is 13.0 Å². The van der Waals surface area contributed by atoms with Crippen LogP contribution in [0.4, 0.5) is 17.6 Å². The molecule has 10 heteroatoms. The van der Waals surface area contributed by atoms with Gasteiger partial charge in [0.15, 0.2) is 5.90 Å². The SMILES string of the molecule is CCC1C=C(c2c(F)cccc2C(=O)N(CC)C(C)COc2ccc(C(F)(F)F)cn2)OC(C)=N1. The molecule has 0 aliphatic carbocycles. The molecule has 6 nitrogen and oxygen atoms in total. The molecule has 0 saturated heterocycles. The van der Waals surface area contributed by atoms with Gasteiger partial charge in [-0.05, 0) is 44.5 Å². The van der Waals surface area contributed by atoms with Gasteiger partial charge >= 0.3 is 6.18 Å². The lowest BCUT2D eigenvalue weighted by Gasteiger charge is -2.29. The number of alkyl halides is 3. The van der Waals surface area contributed by atoms with Crippen LogP contribution in [0.3, 0.4) is 0 Å². The van der Waals surface area contributed by atoms with Gasteiger partial charge in [0.25, 0.3) is 5.91 Å². The molecule has 0 fully saturated rings. The zero-order valence-corrected chi connectivity index (χ0v) is 19.9. The van der Waals surface area contributed by atoms with Crippen LogP contribution >= 0.6 is 0 Å². The molecule has 0 saturated carbocycles. The highest BCUT2D eigenvalue weighted by Gasteiger charge is 2.31. The van der Waals surface area contributed by atoms with Gasteiger partial charge in [0, 0.05) is 25.7 Å². The Labute approximate surface area is 201 Å². The third-order valence-electron chi connectivity index (χ3n) is 5.53. The van der Waals surface area contributed by atoms with Crippen LogP contribution in [0.25, 0.3) is 5.76 Å². The van der Waals surface area contributed by atoms with Crippen LogP contribution in [0.2, 0.25) is 0 Å². The summed E-state index contributed by atoms with van der Waals surface area (Å²) < 4.78 is 64.3. The van der Waals surface area contributed by atoms with Crippen molar-refractivity contribution >= 4 is 17.6 Å². The van der Waals surface area contributed by atoms with Crippen molar-refractivity contribution < 1.29 is 31.8 Å². The number of benzene rings is 1. The van der Waals surface area contributed by atoms with E-state index in [4.69, 9.17) is 9.47 Å². The lowest BCUT2D eigenvalue weighted by molar-refractivity contribution is -0.137. The number of ether oxygens (including phenoxy) is 2. The average Bonchev–Trinajstić information content (AvgIpc) is 2.82. The van der Waals surface area contributed by atoms with E-state index in [0.717, 1.165) is 12.1 Å². The minimum atomic E-state index is -4.49. The lowest BCUT2D eigenvalue weighted by Crippen LogP contribution is -2.42. The number of halogens is 4. The van der Waals surface area contributed by atoms with E-state index in [1.54, 1.807) is 26.8 Å². The van der Waals surface area contributed by atoms with Crippen molar-refractivity contribution in [1.82, 2.24) is 9.88 Å². The predicted molar refractivity (Wildman–Crippen MR) is 124 cm³/mol. The number of amides is 1. The van der Waals surface area contributed by atoms with Gasteiger partial charge in [-0.25, -0.2) is 14.4 Å². The van der Waals surface area contributed by atoms with E-state index in [1.165, 1.54) is 23.1 Å². The summed E-state index contributed by atoms with van der Waals surface area (Å²) in [6, 6.07) is 5.57. The molecule has 2 unspecified atom stereocenters. The van der Waals surface area contributed by atoms with E-state index in [9.17, 15) is 22.4 Å². The molecular weight excluding hydrogens is 466 g/mol. The van der Waals surface area contributed by atoms with Crippen LogP contribution in [-0.2, 0) is 10.9 Å². The van der Waals surface area contributed by atoms with Crippen LogP contribution < -0.4 is 4.74 Å². The Hall–Kier alpha value is -3.43. The largest absolute Gasteiger partial charge is 0.475 e. The van der Waals surface area contributed by atoms with Crippen molar-refractivity contribution in [3.05, 3.63) is 65.1 Å². The first-order valence-corrected chi connectivity index (χ1v) is 11.2. The molecule has 0 bridgehead atoms. The molecule has 0 spiro atoms. The first kappa shape index (κ1) is 26.2. The van der Waals surface area contributed by atoms with Gasteiger partial charge in [0.05, 0.1) is 28.8 Å². The van der Waals surface area contributed by atoms with Crippen LogP contribution in [0.5, 0.6) is 5.88 Å². The normalized spacial score (nSPS) is 16.6. The topological polar surface area (TPSA) is 64.0 Å². The summed E-state index contributed by atoms with van der Waals surface area (Å²) in [7, 11) is 0. The summed E-state index contributed by atoms with van der Waals surface area (Å²) in [5, 5.41) is 0. The molecule has 35 heavy (non-hydrogen) atoms. The van der Waals surface area contributed by atoms with Crippen LogP contribution in [0, 0.1) is 5.82 Å². The van der Waals surface area contributed by atoms with Gasteiger partial charge in [-0.3, -0.25) is 4.79 Å². The summed E-state index contributed by atoms with van der Waals surface area (Å²) >= 11 is 0. The second-order valence-electron chi connectivity index (χ2n) is 8.05. The number of nitrogens with zero attached hydrogens (tertiary/aromatic N) is 3. The number of rotatable bonds is 8. The Morgan fingerprint density at radius 1 is 1.23 bits per heavy atom.